The Morgan fingerprint density at radius 2 is 0.867 bits per heavy atom. The summed E-state index contributed by atoms with van der Waals surface area (Å²) < 4.78 is 53.4. The van der Waals surface area contributed by atoms with E-state index in [1.807, 2.05) is 66.7 Å². The van der Waals surface area contributed by atoms with Gasteiger partial charge in [-0.05, 0) is 86.5 Å². The van der Waals surface area contributed by atoms with Crippen LogP contribution in [0.5, 0.6) is 0 Å². The molecule has 0 aliphatic heterocycles. The minimum absolute atomic E-state index is 0.225. The van der Waals surface area contributed by atoms with Crippen LogP contribution < -0.4 is 0 Å². The van der Waals surface area contributed by atoms with Gasteiger partial charge in [0, 0.05) is 8.22 Å². The van der Waals surface area contributed by atoms with Gasteiger partial charge in [-0.3, -0.25) is 0 Å². The van der Waals surface area contributed by atoms with E-state index in [1.165, 1.54) is 0 Å². The van der Waals surface area contributed by atoms with E-state index in [-0.39, 0.29) is 5.41 Å². The van der Waals surface area contributed by atoms with Crippen molar-refractivity contribution in [3.8, 4) is 0 Å². The zero-order chi connectivity index (χ0) is 27.3. The first-order valence-corrected chi connectivity index (χ1v) is 10.7. The van der Waals surface area contributed by atoms with Crippen LogP contribution in [0, 0.1) is 33.1 Å². The number of aryl methyl sites for hydroxylation is 5. The van der Waals surface area contributed by atoms with Gasteiger partial charge in [0.25, 0.3) is 0 Å². The molecule has 0 aromatic heterocycles. The molecule has 0 radical (unpaired) electrons. The van der Waals surface area contributed by atoms with E-state index in [0.29, 0.717) is 34.2 Å². The lowest BCUT2D eigenvalue weighted by Gasteiger charge is -2.18. The molecule has 3 aromatic carbocycles. The predicted octanol–water partition coefficient (Wildman–Crippen LogP) is 8.08. The van der Waals surface area contributed by atoms with Gasteiger partial charge in [0.05, 0.1) is 0 Å². The van der Waals surface area contributed by atoms with Gasteiger partial charge in [-0.2, -0.15) is 0 Å². The highest BCUT2D eigenvalue weighted by Gasteiger charge is 2.11. The summed E-state index contributed by atoms with van der Waals surface area (Å²) >= 11 is 0. The number of benzene rings is 3. The Morgan fingerprint density at radius 1 is 0.533 bits per heavy atom. The van der Waals surface area contributed by atoms with E-state index in [9.17, 15) is 0 Å². The molecule has 0 atom stereocenters. The molecule has 0 N–H and O–H groups in total. The van der Waals surface area contributed by atoms with Crippen molar-refractivity contribution in [2.75, 3.05) is 0 Å². The standard InChI is InChI=1S/C30H38/c1-21-10-22(2)13-26(12-21)18-28-15-24(4)16-29(20-28)19-27-14-23(3)11-25(17-27)8-9-30(5,6)7/h10-17,20H,8-9,18-19H2,1-7H3/i8D2,18D2,19D2. The Kier molecular flexibility index (Phi) is 4.75. The molecule has 0 fully saturated rings. The minimum Gasteiger partial charge on any atom is -0.0602 e. The Labute approximate surface area is 192 Å². The zero-order valence-electron chi connectivity index (χ0n) is 25.4. The second-order valence-corrected chi connectivity index (χ2v) is 9.72. The number of rotatable bonds is 6. The average molecular weight is 405 g/mol. The molecule has 0 heteroatoms. The van der Waals surface area contributed by atoms with Crippen LogP contribution in [0.3, 0.4) is 0 Å². The monoisotopic (exact) mass is 404 g/mol. The van der Waals surface area contributed by atoms with Crippen molar-refractivity contribution in [1.82, 2.24) is 0 Å². The molecule has 30 heavy (non-hydrogen) atoms. The van der Waals surface area contributed by atoms with E-state index < -0.39 is 19.1 Å². The van der Waals surface area contributed by atoms with Crippen molar-refractivity contribution < 1.29 is 8.22 Å². The van der Waals surface area contributed by atoms with Crippen LogP contribution in [0.25, 0.3) is 0 Å². The zero-order valence-corrected chi connectivity index (χ0v) is 19.4. The Hall–Kier alpha value is -2.34. The fourth-order valence-corrected chi connectivity index (χ4v) is 3.63. The van der Waals surface area contributed by atoms with E-state index in [2.05, 4.69) is 0 Å². The molecule has 0 heterocycles. The maximum absolute atomic E-state index is 9.08. The first-order chi connectivity index (χ1) is 16.3. The highest BCUT2D eigenvalue weighted by molar-refractivity contribution is 5.39. The summed E-state index contributed by atoms with van der Waals surface area (Å²) in [6, 6.07) is 16.0. The van der Waals surface area contributed by atoms with Crippen molar-refractivity contribution in [2.45, 2.75) is 74.0 Å². The first kappa shape index (κ1) is 15.5. The molecule has 0 aliphatic rings. The summed E-state index contributed by atoms with van der Waals surface area (Å²) in [5.41, 5.74) is 5.46. The summed E-state index contributed by atoms with van der Waals surface area (Å²) in [7, 11) is 0. The summed E-state index contributed by atoms with van der Waals surface area (Å²) in [6.45, 7) is 13.6. The van der Waals surface area contributed by atoms with Crippen molar-refractivity contribution in [3.05, 3.63) is 105 Å². The average Bonchev–Trinajstić information content (AvgIpc) is 2.70. The van der Waals surface area contributed by atoms with Crippen molar-refractivity contribution in [3.63, 3.8) is 0 Å². The van der Waals surface area contributed by atoms with E-state index in [0.717, 1.165) is 22.3 Å². The lowest BCUT2D eigenvalue weighted by Crippen LogP contribution is -2.06. The van der Waals surface area contributed by atoms with Crippen molar-refractivity contribution >= 4 is 0 Å². The normalized spacial score (nSPS) is 16.1. The molecular formula is C30H38. The molecule has 0 unspecified atom stereocenters. The molecule has 158 valence electrons. The third kappa shape index (κ3) is 6.87. The Balaban J connectivity index is 2.12. The summed E-state index contributed by atoms with van der Waals surface area (Å²) in [6.07, 6.45) is -5.02. The maximum Gasteiger partial charge on any atom is 0.0366 e. The molecule has 0 spiro atoms. The SMILES string of the molecule is [2H]C([2H])(CC(C)(C)C)c1cc(C)cc(C([2H])([2H])c2cc(C)cc(C([2H])([2H])c3cc(C)cc(C)c3)c2)c1. The Bertz CT molecular complexity index is 1240. The number of hydrogen-bond acceptors (Lipinski definition) is 0. The van der Waals surface area contributed by atoms with Crippen LogP contribution in [0.1, 0.15) is 85.5 Å². The van der Waals surface area contributed by atoms with Crippen LogP contribution in [0.2, 0.25) is 0 Å². The van der Waals surface area contributed by atoms with Gasteiger partial charge in [0.1, 0.15) is 0 Å². The van der Waals surface area contributed by atoms with Crippen molar-refractivity contribution in [1.29, 1.82) is 0 Å². The summed E-state index contributed by atoms with van der Waals surface area (Å²) in [4.78, 5) is 0. The largest absolute Gasteiger partial charge is 0.0602 e. The molecular weight excluding hydrogens is 360 g/mol. The smallest absolute Gasteiger partial charge is 0.0366 e. The quantitative estimate of drug-likeness (QED) is 0.389. The van der Waals surface area contributed by atoms with Gasteiger partial charge in [0.2, 0.25) is 0 Å². The summed E-state index contributed by atoms with van der Waals surface area (Å²) in [5.74, 6) is 0. The van der Waals surface area contributed by atoms with Crippen LogP contribution in [0.15, 0.2) is 54.6 Å². The van der Waals surface area contributed by atoms with Crippen LogP contribution in [-0.4, -0.2) is 0 Å². The van der Waals surface area contributed by atoms with E-state index >= 15 is 0 Å². The van der Waals surface area contributed by atoms with Gasteiger partial charge in [-0.15, -0.1) is 0 Å². The van der Waals surface area contributed by atoms with E-state index in [1.54, 1.807) is 36.4 Å². The minimum atomic E-state index is -1.93. The lowest BCUT2D eigenvalue weighted by atomic mass is 9.87. The van der Waals surface area contributed by atoms with Crippen LogP contribution in [0.4, 0.5) is 0 Å². The van der Waals surface area contributed by atoms with Gasteiger partial charge in [-0.1, -0.05) is 97.6 Å². The fourth-order valence-electron chi connectivity index (χ4n) is 3.63. The fraction of sp³-hybridized carbons (Fsp3) is 0.400. The number of hydrogen-bond donors (Lipinski definition) is 0. The molecule has 0 saturated carbocycles. The third-order valence-corrected chi connectivity index (χ3v) is 4.78. The maximum atomic E-state index is 9.08. The van der Waals surface area contributed by atoms with Gasteiger partial charge in [-0.25, -0.2) is 0 Å². The molecule has 3 aromatic rings. The molecule has 0 bridgehead atoms. The predicted molar refractivity (Wildman–Crippen MR) is 132 cm³/mol. The van der Waals surface area contributed by atoms with E-state index in [4.69, 9.17) is 8.22 Å². The highest BCUT2D eigenvalue weighted by atomic mass is 14.2. The molecule has 0 nitrogen and oxygen atoms in total. The molecule has 0 aliphatic carbocycles. The molecule has 0 saturated heterocycles. The molecule has 0 amide bonds. The topological polar surface area (TPSA) is 0 Å². The third-order valence-electron chi connectivity index (χ3n) is 4.78. The lowest BCUT2D eigenvalue weighted by molar-refractivity contribution is 0.378. The van der Waals surface area contributed by atoms with Gasteiger partial charge >= 0.3 is 0 Å². The highest BCUT2D eigenvalue weighted by Crippen LogP contribution is 2.24. The Morgan fingerprint density at radius 3 is 1.30 bits per heavy atom. The first-order valence-electron chi connectivity index (χ1n) is 13.7. The van der Waals surface area contributed by atoms with Crippen molar-refractivity contribution in [2.24, 2.45) is 5.41 Å². The van der Waals surface area contributed by atoms with Gasteiger partial charge < -0.3 is 0 Å². The second kappa shape index (κ2) is 9.21. The second-order valence-electron chi connectivity index (χ2n) is 9.72. The van der Waals surface area contributed by atoms with Crippen LogP contribution >= 0.6 is 0 Å². The molecule has 3 rings (SSSR count). The van der Waals surface area contributed by atoms with Gasteiger partial charge in [0.15, 0.2) is 0 Å². The summed E-state index contributed by atoms with van der Waals surface area (Å²) in [5, 5.41) is 0. The van der Waals surface area contributed by atoms with Crippen LogP contribution in [-0.2, 0) is 19.1 Å².